The fourth-order valence-electron chi connectivity index (χ4n) is 2.97. The molecule has 5 nitrogen and oxygen atoms in total. The van der Waals surface area contributed by atoms with Crippen molar-refractivity contribution in [2.24, 2.45) is 5.41 Å². The largest absolute Gasteiger partial charge is 0.384 e. The highest BCUT2D eigenvalue weighted by Crippen LogP contribution is 2.28. The van der Waals surface area contributed by atoms with Gasteiger partial charge in [-0.1, -0.05) is 12.1 Å². The van der Waals surface area contributed by atoms with Crippen LogP contribution in [-0.4, -0.2) is 46.4 Å². The fraction of sp³-hybridized carbons (Fsp3) is 0.588. The Bertz CT molecular complexity index is 485. The van der Waals surface area contributed by atoms with Crippen LogP contribution in [0.4, 0.5) is 0 Å². The SMILES string of the molecule is COCc1cccc(C(=O)NCC2(COC)CCNCC2)c1.Cl. The minimum Gasteiger partial charge on any atom is -0.384 e. The van der Waals surface area contributed by atoms with Gasteiger partial charge in [-0.05, 0) is 43.6 Å². The quantitative estimate of drug-likeness (QED) is 0.795. The van der Waals surface area contributed by atoms with E-state index in [4.69, 9.17) is 9.47 Å². The number of halogens is 1. The van der Waals surface area contributed by atoms with Crippen molar-refractivity contribution in [1.82, 2.24) is 10.6 Å². The highest BCUT2D eigenvalue weighted by Gasteiger charge is 2.32. The van der Waals surface area contributed by atoms with Gasteiger partial charge >= 0.3 is 0 Å². The molecule has 2 N–H and O–H groups in total. The molecule has 0 unspecified atom stereocenters. The van der Waals surface area contributed by atoms with E-state index in [1.165, 1.54) is 0 Å². The molecular formula is C17H27ClN2O3. The van der Waals surface area contributed by atoms with Gasteiger partial charge in [-0.15, -0.1) is 12.4 Å². The molecule has 6 heteroatoms. The zero-order valence-electron chi connectivity index (χ0n) is 13.9. The van der Waals surface area contributed by atoms with Gasteiger partial charge in [0.1, 0.15) is 0 Å². The lowest BCUT2D eigenvalue weighted by Crippen LogP contribution is -2.47. The van der Waals surface area contributed by atoms with E-state index in [-0.39, 0.29) is 23.7 Å². The Morgan fingerprint density at radius 2 is 2.00 bits per heavy atom. The Balaban J connectivity index is 0.00000264. The van der Waals surface area contributed by atoms with Gasteiger partial charge in [0.05, 0.1) is 13.2 Å². The molecule has 1 aromatic rings. The number of piperidine rings is 1. The van der Waals surface area contributed by atoms with Gasteiger partial charge in [0.2, 0.25) is 0 Å². The second-order valence-corrected chi connectivity index (χ2v) is 6.00. The molecule has 1 heterocycles. The number of methoxy groups -OCH3 is 2. The van der Waals surface area contributed by atoms with Gasteiger partial charge in [-0.3, -0.25) is 4.79 Å². The summed E-state index contributed by atoms with van der Waals surface area (Å²) in [5.41, 5.74) is 1.72. The summed E-state index contributed by atoms with van der Waals surface area (Å²) in [7, 11) is 3.37. The first-order valence-electron chi connectivity index (χ1n) is 7.75. The Morgan fingerprint density at radius 1 is 1.26 bits per heavy atom. The summed E-state index contributed by atoms with van der Waals surface area (Å²) in [6, 6.07) is 7.56. The molecule has 0 aromatic heterocycles. The molecule has 1 fully saturated rings. The van der Waals surface area contributed by atoms with Crippen molar-refractivity contribution in [2.45, 2.75) is 19.4 Å². The summed E-state index contributed by atoms with van der Waals surface area (Å²) in [5, 5.41) is 6.43. The average Bonchev–Trinajstić information content (AvgIpc) is 2.54. The minimum absolute atomic E-state index is 0. The van der Waals surface area contributed by atoms with E-state index < -0.39 is 0 Å². The summed E-state index contributed by atoms with van der Waals surface area (Å²) in [6.45, 7) is 3.79. The number of ether oxygens (including phenoxy) is 2. The highest BCUT2D eigenvalue weighted by molar-refractivity contribution is 5.94. The van der Waals surface area contributed by atoms with Crippen molar-refractivity contribution in [3.05, 3.63) is 35.4 Å². The van der Waals surface area contributed by atoms with Crippen molar-refractivity contribution in [1.29, 1.82) is 0 Å². The lowest BCUT2D eigenvalue weighted by molar-refractivity contribution is 0.0511. The normalized spacial score (nSPS) is 16.4. The van der Waals surface area contributed by atoms with Gasteiger partial charge < -0.3 is 20.1 Å². The van der Waals surface area contributed by atoms with E-state index in [1.807, 2.05) is 24.3 Å². The van der Waals surface area contributed by atoms with Crippen LogP contribution >= 0.6 is 12.4 Å². The van der Waals surface area contributed by atoms with Crippen LogP contribution in [0.1, 0.15) is 28.8 Å². The third-order valence-electron chi connectivity index (χ3n) is 4.24. The molecule has 0 aliphatic carbocycles. The topological polar surface area (TPSA) is 59.6 Å². The van der Waals surface area contributed by atoms with Crippen molar-refractivity contribution < 1.29 is 14.3 Å². The number of nitrogens with one attached hydrogen (secondary N) is 2. The molecule has 0 bridgehead atoms. The van der Waals surface area contributed by atoms with Crippen LogP contribution < -0.4 is 10.6 Å². The minimum atomic E-state index is -0.0352. The maximum absolute atomic E-state index is 12.4. The Labute approximate surface area is 144 Å². The van der Waals surface area contributed by atoms with Crippen molar-refractivity contribution in [3.63, 3.8) is 0 Å². The van der Waals surface area contributed by atoms with Crippen LogP contribution in [0, 0.1) is 5.41 Å². The van der Waals surface area contributed by atoms with Crippen LogP contribution in [0.25, 0.3) is 0 Å². The molecule has 1 aromatic carbocycles. The summed E-state index contributed by atoms with van der Waals surface area (Å²) in [5.74, 6) is -0.0352. The number of hydrogen-bond acceptors (Lipinski definition) is 4. The van der Waals surface area contributed by atoms with Gasteiger partial charge in [0, 0.05) is 31.7 Å². The Kier molecular flexibility index (Phi) is 8.55. The highest BCUT2D eigenvalue weighted by atomic mass is 35.5. The van der Waals surface area contributed by atoms with Gasteiger partial charge in [-0.25, -0.2) is 0 Å². The van der Waals surface area contributed by atoms with Crippen molar-refractivity contribution >= 4 is 18.3 Å². The maximum atomic E-state index is 12.4. The van der Waals surface area contributed by atoms with Gasteiger partial charge in [-0.2, -0.15) is 0 Å². The Morgan fingerprint density at radius 3 is 2.65 bits per heavy atom. The molecule has 23 heavy (non-hydrogen) atoms. The number of carbonyl (C=O) groups is 1. The van der Waals surface area contributed by atoms with Crippen LogP contribution in [0.2, 0.25) is 0 Å². The van der Waals surface area contributed by atoms with Crippen LogP contribution in [-0.2, 0) is 16.1 Å². The molecule has 0 saturated carbocycles. The smallest absolute Gasteiger partial charge is 0.251 e. The standard InChI is InChI=1S/C17H26N2O3.ClH/c1-21-11-14-4-3-5-15(10-14)16(20)19-12-17(13-22-2)6-8-18-9-7-17;/h3-5,10,18H,6-9,11-13H2,1-2H3,(H,19,20);1H. The molecule has 130 valence electrons. The first kappa shape index (κ1) is 19.9. The molecule has 0 radical (unpaired) electrons. The molecule has 0 spiro atoms. The predicted molar refractivity (Wildman–Crippen MR) is 93.1 cm³/mol. The van der Waals surface area contributed by atoms with Crippen molar-refractivity contribution in [3.8, 4) is 0 Å². The molecule has 0 atom stereocenters. The van der Waals surface area contributed by atoms with Crippen LogP contribution in [0.5, 0.6) is 0 Å². The van der Waals surface area contributed by atoms with E-state index in [2.05, 4.69) is 10.6 Å². The first-order chi connectivity index (χ1) is 10.7. The van der Waals surface area contributed by atoms with E-state index in [0.717, 1.165) is 31.5 Å². The molecular weight excluding hydrogens is 316 g/mol. The summed E-state index contributed by atoms with van der Waals surface area (Å²) >= 11 is 0. The predicted octanol–water partition coefficient (Wildman–Crippen LogP) is 2.00. The third-order valence-corrected chi connectivity index (χ3v) is 4.24. The second kappa shape index (κ2) is 9.88. The van der Waals surface area contributed by atoms with E-state index in [9.17, 15) is 4.79 Å². The number of amides is 1. The Hall–Kier alpha value is -1.14. The second-order valence-electron chi connectivity index (χ2n) is 6.00. The number of benzene rings is 1. The zero-order chi connectivity index (χ0) is 15.8. The first-order valence-corrected chi connectivity index (χ1v) is 7.75. The van der Waals surface area contributed by atoms with E-state index >= 15 is 0 Å². The van der Waals surface area contributed by atoms with Gasteiger partial charge in [0.15, 0.2) is 0 Å². The lowest BCUT2D eigenvalue weighted by atomic mass is 9.79. The number of rotatable bonds is 7. The lowest BCUT2D eigenvalue weighted by Gasteiger charge is -2.37. The summed E-state index contributed by atoms with van der Waals surface area (Å²) < 4.78 is 10.5. The fourth-order valence-corrected chi connectivity index (χ4v) is 2.97. The number of hydrogen-bond donors (Lipinski definition) is 2. The molecule has 1 amide bonds. The number of carbonyl (C=O) groups excluding carboxylic acids is 1. The maximum Gasteiger partial charge on any atom is 0.251 e. The third kappa shape index (κ3) is 5.77. The monoisotopic (exact) mass is 342 g/mol. The average molecular weight is 343 g/mol. The molecule has 2 rings (SSSR count). The van der Waals surface area contributed by atoms with Crippen LogP contribution in [0.15, 0.2) is 24.3 Å². The van der Waals surface area contributed by atoms with E-state index in [0.29, 0.717) is 25.3 Å². The molecule has 1 aliphatic heterocycles. The molecule has 1 saturated heterocycles. The van der Waals surface area contributed by atoms with Crippen molar-refractivity contribution in [2.75, 3.05) is 40.5 Å². The van der Waals surface area contributed by atoms with Gasteiger partial charge in [0.25, 0.3) is 5.91 Å². The summed E-state index contributed by atoms with van der Waals surface area (Å²) in [6.07, 6.45) is 2.04. The van der Waals surface area contributed by atoms with Crippen LogP contribution in [0.3, 0.4) is 0 Å². The summed E-state index contributed by atoms with van der Waals surface area (Å²) in [4.78, 5) is 12.4. The van der Waals surface area contributed by atoms with E-state index in [1.54, 1.807) is 14.2 Å². The molecule has 1 aliphatic rings. The zero-order valence-corrected chi connectivity index (χ0v) is 14.7.